The number of para-hydroxylation sites is 1. The highest BCUT2D eigenvalue weighted by Gasteiger charge is 2.14. The van der Waals surface area contributed by atoms with Gasteiger partial charge in [0.05, 0.1) is 16.1 Å². The molecule has 14 heavy (non-hydrogen) atoms. The Hall–Kier alpha value is -0.440. The monoisotopic (exact) mass is 234 g/mol. The van der Waals surface area contributed by atoms with Crippen LogP contribution >= 0.6 is 23.2 Å². The van der Waals surface area contributed by atoms with Crippen molar-refractivity contribution in [3.05, 3.63) is 28.2 Å². The van der Waals surface area contributed by atoms with Crippen LogP contribution in [0, 0.1) is 0 Å². The lowest BCUT2D eigenvalue weighted by Crippen LogP contribution is -2.25. The Balaban J connectivity index is 2.85. The second kappa shape index (κ2) is 4.87. The molecule has 0 aromatic heterocycles. The second-order valence-corrected chi connectivity index (χ2v) is 3.93. The lowest BCUT2D eigenvalue weighted by molar-refractivity contribution is 0.0606. The van der Waals surface area contributed by atoms with Gasteiger partial charge in [0.15, 0.2) is 5.75 Å². The smallest absolute Gasteiger partial charge is 0.157 e. The summed E-state index contributed by atoms with van der Waals surface area (Å²) in [6.07, 6.45) is -0.908. The molecule has 0 bridgehead atoms. The molecule has 4 heteroatoms. The van der Waals surface area contributed by atoms with Crippen LogP contribution in [0.1, 0.15) is 13.8 Å². The Morgan fingerprint density at radius 1 is 1.21 bits per heavy atom. The lowest BCUT2D eigenvalue weighted by atomic mass is 10.2. The number of hydrogen-bond acceptors (Lipinski definition) is 2. The van der Waals surface area contributed by atoms with Gasteiger partial charge in [-0.3, -0.25) is 0 Å². The zero-order valence-electron chi connectivity index (χ0n) is 8.00. The summed E-state index contributed by atoms with van der Waals surface area (Å²) < 4.78 is 5.42. The second-order valence-electron chi connectivity index (χ2n) is 3.11. The predicted molar refractivity (Wildman–Crippen MR) is 58.2 cm³/mol. The number of hydrogen-bond donors (Lipinski definition) is 1. The number of rotatable bonds is 3. The van der Waals surface area contributed by atoms with Crippen LogP contribution in [0.4, 0.5) is 0 Å². The molecule has 0 aliphatic rings. The van der Waals surface area contributed by atoms with Crippen molar-refractivity contribution in [2.75, 3.05) is 0 Å². The Morgan fingerprint density at radius 3 is 2.14 bits per heavy atom. The van der Waals surface area contributed by atoms with Gasteiger partial charge in [0, 0.05) is 0 Å². The third-order valence-electron chi connectivity index (χ3n) is 1.90. The van der Waals surface area contributed by atoms with Gasteiger partial charge in [-0.1, -0.05) is 29.3 Å². The maximum atomic E-state index is 9.25. The lowest BCUT2D eigenvalue weighted by Gasteiger charge is -2.18. The van der Waals surface area contributed by atoms with Crippen molar-refractivity contribution in [3.63, 3.8) is 0 Å². The zero-order chi connectivity index (χ0) is 10.7. The molecular formula is C10H12Cl2O2. The minimum Gasteiger partial charge on any atom is -0.485 e. The van der Waals surface area contributed by atoms with E-state index in [-0.39, 0.29) is 6.10 Å². The van der Waals surface area contributed by atoms with Crippen LogP contribution in [0.15, 0.2) is 18.2 Å². The quantitative estimate of drug-likeness (QED) is 0.871. The van der Waals surface area contributed by atoms with E-state index in [1.54, 1.807) is 32.0 Å². The van der Waals surface area contributed by atoms with Gasteiger partial charge in [-0.15, -0.1) is 0 Å². The standard InChI is InChI=1S/C10H12Cl2O2/c1-6(13)7(2)14-10-8(11)4-3-5-9(10)12/h3-7,13H,1-2H3. The highest BCUT2D eigenvalue weighted by molar-refractivity contribution is 6.37. The summed E-state index contributed by atoms with van der Waals surface area (Å²) >= 11 is 11.8. The van der Waals surface area contributed by atoms with Crippen LogP contribution in [-0.4, -0.2) is 17.3 Å². The van der Waals surface area contributed by atoms with Crippen molar-refractivity contribution >= 4 is 23.2 Å². The van der Waals surface area contributed by atoms with E-state index >= 15 is 0 Å². The van der Waals surface area contributed by atoms with E-state index in [0.29, 0.717) is 15.8 Å². The number of aliphatic hydroxyl groups is 1. The summed E-state index contributed by atoms with van der Waals surface area (Å²) in [5.41, 5.74) is 0. The predicted octanol–water partition coefficient (Wildman–Crippen LogP) is 3.14. The van der Waals surface area contributed by atoms with Gasteiger partial charge in [-0.25, -0.2) is 0 Å². The van der Waals surface area contributed by atoms with Gasteiger partial charge >= 0.3 is 0 Å². The van der Waals surface area contributed by atoms with Gasteiger partial charge in [0.2, 0.25) is 0 Å². The highest BCUT2D eigenvalue weighted by Crippen LogP contribution is 2.33. The molecule has 2 unspecified atom stereocenters. The highest BCUT2D eigenvalue weighted by atomic mass is 35.5. The summed E-state index contributed by atoms with van der Waals surface area (Å²) in [5.74, 6) is 0.421. The topological polar surface area (TPSA) is 29.5 Å². The summed E-state index contributed by atoms with van der Waals surface area (Å²) in [5, 5.41) is 10.2. The largest absolute Gasteiger partial charge is 0.485 e. The molecule has 1 aromatic rings. The number of ether oxygens (including phenoxy) is 1. The van der Waals surface area contributed by atoms with Crippen LogP contribution in [0.3, 0.4) is 0 Å². The van der Waals surface area contributed by atoms with Crippen LogP contribution < -0.4 is 4.74 Å². The molecule has 1 N–H and O–H groups in total. The molecule has 78 valence electrons. The van der Waals surface area contributed by atoms with Gasteiger partial charge < -0.3 is 9.84 Å². The molecule has 0 amide bonds. The molecule has 0 heterocycles. The molecule has 2 atom stereocenters. The Labute approximate surface area is 93.4 Å². The number of aliphatic hydroxyl groups excluding tert-OH is 1. The van der Waals surface area contributed by atoms with E-state index in [4.69, 9.17) is 27.9 Å². The fourth-order valence-corrected chi connectivity index (χ4v) is 1.37. The Kier molecular flexibility index (Phi) is 4.05. The Morgan fingerprint density at radius 2 is 1.71 bits per heavy atom. The molecule has 0 aliphatic carbocycles. The molecular weight excluding hydrogens is 223 g/mol. The van der Waals surface area contributed by atoms with Gasteiger partial charge in [0.1, 0.15) is 6.10 Å². The first-order valence-corrected chi connectivity index (χ1v) is 5.06. The van der Waals surface area contributed by atoms with Crippen molar-refractivity contribution in [2.24, 2.45) is 0 Å². The molecule has 0 radical (unpaired) electrons. The van der Waals surface area contributed by atoms with E-state index in [9.17, 15) is 5.11 Å². The average Bonchev–Trinajstić information content (AvgIpc) is 2.11. The summed E-state index contributed by atoms with van der Waals surface area (Å²) in [6.45, 7) is 3.40. The van der Waals surface area contributed by atoms with Crippen LogP contribution in [0.25, 0.3) is 0 Å². The molecule has 0 spiro atoms. The first kappa shape index (κ1) is 11.6. The summed E-state index contributed by atoms with van der Waals surface area (Å²) in [6, 6.07) is 5.12. The van der Waals surface area contributed by atoms with Crippen LogP contribution in [-0.2, 0) is 0 Å². The number of halogens is 2. The van der Waals surface area contributed by atoms with Crippen molar-refractivity contribution in [1.82, 2.24) is 0 Å². The first-order chi connectivity index (χ1) is 6.52. The minimum atomic E-state index is -0.567. The van der Waals surface area contributed by atoms with Crippen molar-refractivity contribution in [2.45, 2.75) is 26.1 Å². The zero-order valence-corrected chi connectivity index (χ0v) is 9.51. The molecule has 2 nitrogen and oxygen atoms in total. The van der Waals surface area contributed by atoms with E-state index in [1.165, 1.54) is 0 Å². The molecule has 1 aromatic carbocycles. The van der Waals surface area contributed by atoms with Gasteiger partial charge in [-0.2, -0.15) is 0 Å². The van der Waals surface area contributed by atoms with Crippen molar-refractivity contribution < 1.29 is 9.84 Å². The summed E-state index contributed by atoms with van der Waals surface area (Å²) in [4.78, 5) is 0. The molecule has 0 saturated carbocycles. The molecule has 0 saturated heterocycles. The normalized spacial score (nSPS) is 14.9. The molecule has 1 rings (SSSR count). The van der Waals surface area contributed by atoms with Crippen LogP contribution in [0.2, 0.25) is 10.0 Å². The fraction of sp³-hybridized carbons (Fsp3) is 0.400. The van der Waals surface area contributed by atoms with Gasteiger partial charge in [0.25, 0.3) is 0 Å². The molecule has 0 fully saturated rings. The first-order valence-electron chi connectivity index (χ1n) is 4.31. The van der Waals surface area contributed by atoms with Crippen molar-refractivity contribution in [1.29, 1.82) is 0 Å². The molecule has 0 aliphatic heterocycles. The maximum Gasteiger partial charge on any atom is 0.157 e. The summed E-state index contributed by atoms with van der Waals surface area (Å²) in [7, 11) is 0. The fourth-order valence-electron chi connectivity index (χ4n) is 0.879. The van der Waals surface area contributed by atoms with Crippen LogP contribution in [0.5, 0.6) is 5.75 Å². The Bertz CT molecular complexity index is 293. The van der Waals surface area contributed by atoms with E-state index in [0.717, 1.165) is 0 Å². The average molecular weight is 235 g/mol. The number of benzene rings is 1. The third-order valence-corrected chi connectivity index (χ3v) is 2.50. The van der Waals surface area contributed by atoms with E-state index in [1.807, 2.05) is 0 Å². The van der Waals surface area contributed by atoms with E-state index < -0.39 is 6.10 Å². The maximum absolute atomic E-state index is 9.25. The third kappa shape index (κ3) is 2.77. The van der Waals surface area contributed by atoms with Gasteiger partial charge in [-0.05, 0) is 26.0 Å². The van der Waals surface area contributed by atoms with E-state index in [2.05, 4.69) is 0 Å². The van der Waals surface area contributed by atoms with Crippen molar-refractivity contribution in [3.8, 4) is 5.75 Å². The SMILES string of the molecule is CC(O)C(C)Oc1c(Cl)cccc1Cl. The minimum absolute atomic E-state index is 0.340.